The van der Waals surface area contributed by atoms with E-state index in [1.165, 1.54) is 0 Å². The van der Waals surface area contributed by atoms with Crippen molar-refractivity contribution in [1.82, 2.24) is 4.90 Å². The Morgan fingerprint density at radius 1 is 1.21 bits per heavy atom. The van der Waals surface area contributed by atoms with Gasteiger partial charge >= 0.3 is 5.97 Å². The van der Waals surface area contributed by atoms with E-state index in [4.69, 9.17) is 21.1 Å². The van der Waals surface area contributed by atoms with Gasteiger partial charge in [0.2, 0.25) is 0 Å². The summed E-state index contributed by atoms with van der Waals surface area (Å²) in [7, 11) is 2.03. The minimum absolute atomic E-state index is 0.0949. The van der Waals surface area contributed by atoms with Gasteiger partial charge in [0.1, 0.15) is 6.10 Å². The summed E-state index contributed by atoms with van der Waals surface area (Å²) >= 11 is 6.14. The molecule has 0 saturated heterocycles. The maximum absolute atomic E-state index is 11.8. The van der Waals surface area contributed by atoms with Crippen molar-refractivity contribution in [3.05, 3.63) is 35.9 Å². The van der Waals surface area contributed by atoms with Crippen molar-refractivity contribution < 1.29 is 14.3 Å². The Hall–Kier alpha value is -1.10. The quantitative estimate of drug-likeness (QED) is 0.249. The molecule has 0 saturated carbocycles. The van der Waals surface area contributed by atoms with Crippen LogP contribution >= 0.6 is 11.6 Å². The normalized spacial score (nSPS) is 15.1. The fourth-order valence-corrected chi connectivity index (χ4v) is 2.67. The molecule has 0 amide bonds. The third-order valence-electron chi connectivity index (χ3n) is 4.22. The van der Waals surface area contributed by atoms with Gasteiger partial charge in [-0.3, -0.25) is 4.79 Å². The summed E-state index contributed by atoms with van der Waals surface area (Å²) in [4.78, 5) is 14.0. The third kappa shape index (κ3) is 7.20. The molecule has 5 heteroatoms. The van der Waals surface area contributed by atoms with Gasteiger partial charge in [0.15, 0.2) is 0 Å². The Labute approximate surface area is 151 Å². The van der Waals surface area contributed by atoms with Crippen molar-refractivity contribution in [2.24, 2.45) is 0 Å². The van der Waals surface area contributed by atoms with Crippen LogP contribution in [0.25, 0.3) is 0 Å². The highest BCUT2D eigenvalue weighted by Crippen LogP contribution is 2.27. The van der Waals surface area contributed by atoms with E-state index in [0.717, 1.165) is 31.4 Å². The number of hydrogen-bond acceptors (Lipinski definition) is 4. The predicted molar refractivity (Wildman–Crippen MR) is 97.9 cm³/mol. The molecule has 0 bridgehead atoms. The Morgan fingerprint density at radius 3 is 2.46 bits per heavy atom. The molecule has 0 aliphatic heterocycles. The van der Waals surface area contributed by atoms with Gasteiger partial charge in [0.05, 0.1) is 0 Å². The van der Waals surface area contributed by atoms with Crippen LogP contribution in [0.15, 0.2) is 30.3 Å². The number of rotatable bonds is 11. The summed E-state index contributed by atoms with van der Waals surface area (Å²) in [6.07, 6.45) is 2.98. The first kappa shape index (κ1) is 20.9. The third-order valence-corrected chi connectivity index (χ3v) is 4.41. The molecule has 0 N–H and O–H groups in total. The van der Waals surface area contributed by atoms with Gasteiger partial charge in [-0.05, 0) is 44.1 Å². The van der Waals surface area contributed by atoms with Crippen molar-refractivity contribution in [2.75, 3.05) is 13.6 Å². The van der Waals surface area contributed by atoms with Gasteiger partial charge in [-0.1, -0.05) is 57.0 Å². The monoisotopic (exact) mass is 355 g/mol. The van der Waals surface area contributed by atoms with Crippen LogP contribution < -0.4 is 0 Å². The Bertz CT molecular complexity index is 469. The lowest BCUT2D eigenvalue weighted by Crippen LogP contribution is -2.37. The molecule has 0 heterocycles. The van der Waals surface area contributed by atoms with Crippen molar-refractivity contribution in [3.8, 4) is 0 Å². The number of ether oxygens (including phenoxy) is 2. The second kappa shape index (κ2) is 11.5. The summed E-state index contributed by atoms with van der Waals surface area (Å²) in [5.41, 5.74) is 1.01. The van der Waals surface area contributed by atoms with Gasteiger partial charge in [-0.15, -0.1) is 0 Å². The van der Waals surface area contributed by atoms with Crippen molar-refractivity contribution in [3.63, 3.8) is 0 Å². The molecular weight excluding hydrogens is 326 g/mol. The molecule has 0 spiro atoms. The lowest BCUT2D eigenvalue weighted by atomic mass is 10.0. The van der Waals surface area contributed by atoms with Crippen LogP contribution in [-0.2, 0) is 14.3 Å². The largest absolute Gasteiger partial charge is 0.421 e. The second-order valence-electron chi connectivity index (χ2n) is 6.00. The van der Waals surface area contributed by atoms with E-state index in [1.807, 2.05) is 37.4 Å². The molecule has 136 valence electrons. The zero-order chi connectivity index (χ0) is 17.9. The van der Waals surface area contributed by atoms with E-state index in [0.29, 0.717) is 6.42 Å². The number of unbranched alkanes of at least 4 members (excludes halogenated alkanes) is 2. The van der Waals surface area contributed by atoms with Crippen LogP contribution in [0, 0.1) is 0 Å². The number of nitrogens with zero attached hydrogens (tertiary/aromatic N) is 1. The number of halogens is 1. The second-order valence-corrected chi connectivity index (χ2v) is 6.36. The summed E-state index contributed by atoms with van der Waals surface area (Å²) in [5, 5.41) is 0. The first-order valence-electron chi connectivity index (χ1n) is 8.73. The molecular formula is C19H30ClNO3. The lowest BCUT2D eigenvalue weighted by Gasteiger charge is -2.32. The van der Waals surface area contributed by atoms with E-state index in [9.17, 15) is 4.79 Å². The number of likely N-dealkylation sites (N-methyl/N-ethyl adjacent to an activating group) is 1. The van der Waals surface area contributed by atoms with Crippen LogP contribution in [0.2, 0.25) is 0 Å². The molecule has 1 aromatic carbocycles. The molecule has 1 rings (SSSR count). The maximum Gasteiger partial charge on any atom is 0.309 e. The van der Waals surface area contributed by atoms with E-state index in [-0.39, 0.29) is 18.1 Å². The Morgan fingerprint density at radius 2 is 1.88 bits per heavy atom. The minimum Gasteiger partial charge on any atom is -0.421 e. The predicted octanol–water partition coefficient (Wildman–Crippen LogP) is 4.73. The zero-order valence-electron chi connectivity index (χ0n) is 15.2. The fourth-order valence-electron chi connectivity index (χ4n) is 2.46. The number of benzene rings is 1. The highest BCUT2D eigenvalue weighted by Gasteiger charge is 2.27. The SMILES string of the molecule is CCCCCC(=O)OC(Cl)OC(c1ccccc1)C(C)N(C)CC. The number of carbonyl (C=O) groups is 1. The smallest absolute Gasteiger partial charge is 0.309 e. The van der Waals surface area contributed by atoms with Crippen molar-refractivity contribution >= 4 is 17.6 Å². The van der Waals surface area contributed by atoms with Crippen LogP contribution in [0.5, 0.6) is 0 Å². The number of carbonyl (C=O) groups excluding carboxylic acids is 1. The van der Waals surface area contributed by atoms with Gasteiger partial charge in [-0.25, -0.2) is 0 Å². The van der Waals surface area contributed by atoms with Crippen molar-refractivity contribution in [1.29, 1.82) is 0 Å². The van der Waals surface area contributed by atoms with Crippen LogP contribution in [0.1, 0.15) is 58.1 Å². The Kier molecular flexibility index (Phi) is 9.99. The molecule has 0 aromatic heterocycles. The van der Waals surface area contributed by atoms with Crippen LogP contribution in [0.3, 0.4) is 0 Å². The summed E-state index contributed by atoms with van der Waals surface area (Å²) < 4.78 is 11.1. The highest BCUT2D eigenvalue weighted by atomic mass is 35.5. The average Bonchev–Trinajstić information content (AvgIpc) is 2.59. The van der Waals surface area contributed by atoms with Crippen LogP contribution in [0.4, 0.5) is 0 Å². The summed E-state index contributed by atoms with van der Waals surface area (Å²) in [6.45, 7) is 7.14. The maximum atomic E-state index is 11.8. The molecule has 0 radical (unpaired) electrons. The van der Waals surface area contributed by atoms with Gasteiger partial charge < -0.3 is 14.4 Å². The molecule has 3 atom stereocenters. The van der Waals surface area contributed by atoms with Crippen LogP contribution in [-0.4, -0.2) is 36.3 Å². The molecule has 4 nitrogen and oxygen atoms in total. The highest BCUT2D eigenvalue weighted by molar-refractivity contribution is 6.19. The van der Waals surface area contributed by atoms with Crippen molar-refractivity contribution in [2.45, 2.75) is 64.3 Å². The van der Waals surface area contributed by atoms with Gasteiger partial charge in [-0.2, -0.15) is 0 Å². The average molecular weight is 356 g/mol. The topological polar surface area (TPSA) is 38.8 Å². The summed E-state index contributed by atoms with van der Waals surface area (Å²) in [5.74, 6) is -1.40. The molecule has 3 unspecified atom stereocenters. The minimum atomic E-state index is -1.09. The molecule has 24 heavy (non-hydrogen) atoms. The first-order valence-corrected chi connectivity index (χ1v) is 9.17. The molecule has 0 aliphatic rings. The summed E-state index contributed by atoms with van der Waals surface area (Å²) in [6, 6.07) is 9.97. The number of alkyl halides is 1. The Balaban J connectivity index is 2.69. The molecule has 0 aliphatic carbocycles. The number of hydrogen-bond donors (Lipinski definition) is 0. The van der Waals surface area contributed by atoms with E-state index >= 15 is 0 Å². The van der Waals surface area contributed by atoms with Gasteiger partial charge in [0.25, 0.3) is 5.75 Å². The fraction of sp³-hybridized carbons (Fsp3) is 0.632. The first-order chi connectivity index (χ1) is 11.5. The van der Waals surface area contributed by atoms with E-state index < -0.39 is 5.75 Å². The van der Waals surface area contributed by atoms with E-state index in [2.05, 4.69) is 25.7 Å². The standard InChI is InChI=1S/C19H30ClNO3/c1-5-7-9-14-17(22)23-19(20)24-18(15(3)21(4)6-2)16-12-10-8-11-13-16/h8,10-13,15,18-19H,5-7,9,14H2,1-4H3. The zero-order valence-corrected chi connectivity index (χ0v) is 16.0. The number of esters is 1. The van der Waals surface area contributed by atoms with E-state index in [1.54, 1.807) is 0 Å². The van der Waals surface area contributed by atoms with Gasteiger partial charge in [0, 0.05) is 12.5 Å². The molecule has 0 fully saturated rings. The lowest BCUT2D eigenvalue weighted by molar-refractivity contribution is -0.174. The molecule has 1 aromatic rings.